The second-order valence-corrected chi connectivity index (χ2v) is 7.27. The van der Waals surface area contributed by atoms with E-state index in [9.17, 15) is 0 Å². The second kappa shape index (κ2) is 5.21. The molecule has 2 rings (SSSR count). The molecule has 1 saturated heterocycles. The minimum atomic E-state index is 0.436. The van der Waals surface area contributed by atoms with Gasteiger partial charge < -0.3 is 0 Å². The van der Waals surface area contributed by atoms with Gasteiger partial charge in [0.15, 0.2) is 0 Å². The first kappa shape index (κ1) is 13.2. The lowest BCUT2D eigenvalue weighted by molar-refractivity contribution is 0.107. The molecule has 2 heterocycles. The van der Waals surface area contributed by atoms with Crippen molar-refractivity contribution in [1.29, 1.82) is 0 Å². The van der Waals surface area contributed by atoms with E-state index in [0.29, 0.717) is 5.41 Å². The van der Waals surface area contributed by atoms with Crippen LogP contribution in [-0.4, -0.2) is 27.6 Å². The first-order valence-corrected chi connectivity index (χ1v) is 7.31. The molecule has 0 amide bonds. The van der Waals surface area contributed by atoms with Crippen molar-refractivity contribution in [3.05, 3.63) is 10.0 Å². The van der Waals surface area contributed by atoms with Crippen molar-refractivity contribution in [3.63, 3.8) is 0 Å². The summed E-state index contributed by atoms with van der Waals surface area (Å²) in [6, 6.07) is 0. The fraction of sp³-hybridized carbons (Fsp3) is 0.833. The summed E-state index contributed by atoms with van der Waals surface area (Å²) >= 11 is 7.30. The Morgan fingerprint density at radius 3 is 2.47 bits per heavy atom. The summed E-state index contributed by atoms with van der Waals surface area (Å²) in [5.74, 6) is 0.836. The van der Waals surface area contributed by atoms with E-state index in [2.05, 4.69) is 35.3 Å². The molecule has 0 N–H and O–H groups in total. The number of hydrogen-bond donors (Lipinski definition) is 0. The van der Waals surface area contributed by atoms with Crippen LogP contribution < -0.4 is 0 Å². The van der Waals surface area contributed by atoms with Gasteiger partial charge in [0.1, 0.15) is 10.0 Å². The monoisotopic (exact) mass is 273 g/mol. The summed E-state index contributed by atoms with van der Waals surface area (Å²) in [5, 5.41) is 4.07. The van der Waals surface area contributed by atoms with Gasteiger partial charge in [-0.1, -0.05) is 36.9 Å². The van der Waals surface area contributed by atoms with Crippen LogP contribution in [-0.2, 0) is 6.54 Å². The lowest BCUT2D eigenvalue weighted by Crippen LogP contribution is -2.37. The largest absolute Gasteiger partial charge is 0.297 e. The van der Waals surface area contributed by atoms with Gasteiger partial charge >= 0.3 is 0 Å². The predicted molar refractivity (Wildman–Crippen MR) is 72.4 cm³/mol. The van der Waals surface area contributed by atoms with Gasteiger partial charge in [-0.2, -0.15) is 0 Å². The molecule has 1 aromatic rings. The molecule has 0 radical (unpaired) electrons. The molecule has 1 aliphatic rings. The third-order valence-electron chi connectivity index (χ3n) is 3.70. The molecule has 3 nitrogen and oxygen atoms in total. The average Bonchev–Trinajstić information content (AvgIpc) is 2.64. The number of hydrogen-bond acceptors (Lipinski definition) is 4. The molecule has 0 aromatic carbocycles. The van der Waals surface area contributed by atoms with Gasteiger partial charge in [0.2, 0.25) is 0 Å². The number of rotatable bonds is 2. The van der Waals surface area contributed by atoms with Gasteiger partial charge in [0.25, 0.3) is 0 Å². The molecule has 5 heteroatoms. The first-order valence-electron chi connectivity index (χ1n) is 6.16. The van der Waals surface area contributed by atoms with Crippen LogP contribution in [0.15, 0.2) is 0 Å². The van der Waals surface area contributed by atoms with Crippen molar-refractivity contribution in [1.82, 2.24) is 14.5 Å². The minimum absolute atomic E-state index is 0.436. The zero-order chi connectivity index (χ0) is 12.5. The van der Waals surface area contributed by atoms with Crippen LogP contribution in [0.3, 0.4) is 0 Å². The maximum atomic E-state index is 6.03. The van der Waals surface area contributed by atoms with Gasteiger partial charge in [0.05, 0.1) is 0 Å². The van der Waals surface area contributed by atoms with E-state index >= 15 is 0 Å². The lowest BCUT2D eigenvalue weighted by Gasteiger charge is -2.38. The van der Waals surface area contributed by atoms with Gasteiger partial charge in [-0.05, 0) is 37.3 Å². The summed E-state index contributed by atoms with van der Waals surface area (Å²) in [4.78, 5) is 2.44. The number of nitrogens with zero attached hydrogens (tertiary/aromatic N) is 3. The fourth-order valence-corrected chi connectivity index (χ4v) is 3.07. The normalized spacial score (nSPS) is 19.8. The van der Waals surface area contributed by atoms with Crippen LogP contribution in [0, 0.1) is 11.3 Å². The zero-order valence-corrected chi connectivity index (χ0v) is 12.3. The van der Waals surface area contributed by atoms with Crippen molar-refractivity contribution in [3.8, 4) is 0 Å². The molecule has 17 heavy (non-hydrogen) atoms. The predicted octanol–water partition coefficient (Wildman–Crippen LogP) is 3.45. The van der Waals surface area contributed by atoms with Crippen molar-refractivity contribution >= 4 is 23.1 Å². The molecule has 1 aromatic heterocycles. The third-order valence-corrected chi connectivity index (χ3v) is 4.68. The van der Waals surface area contributed by atoms with Gasteiger partial charge in [-0.25, -0.2) is 0 Å². The molecule has 1 aliphatic heterocycles. The Labute approximate surface area is 112 Å². The molecule has 0 saturated carbocycles. The number of aromatic nitrogens is 2. The van der Waals surface area contributed by atoms with Gasteiger partial charge in [-0.3, -0.25) is 4.90 Å². The Balaban J connectivity index is 1.86. The maximum Gasteiger partial charge on any atom is 0.138 e. The Hall–Kier alpha value is -0.190. The van der Waals surface area contributed by atoms with E-state index in [1.165, 1.54) is 24.4 Å². The van der Waals surface area contributed by atoms with Crippen molar-refractivity contribution in [2.75, 3.05) is 13.1 Å². The standard InChI is InChI=1S/C12H20ClN3S/c1-12(2,3)9-4-6-16(7-5-9)8-10-11(13)17-15-14-10/h9H,4-8H2,1-3H3. The molecule has 0 unspecified atom stereocenters. The Morgan fingerprint density at radius 2 is 2.00 bits per heavy atom. The Kier molecular flexibility index (Phi) is 4.06. The maximum absolute atomic E-state index is 6.03. The molecule has 96 valence electrons. The van der Waals surface area contributed by atoms with E-state index in [1.807, 2.05) is 0 Å². The van der Waals surface area contributed by atoms with Gasteiger partial charge in [0, 0.05) is 18.1 Å². The molecule has 0 spiro atoms. The van der Waals surface area contributed by atoms with Crippen LogP contribution in [0.25, 0.3) is 0 Å². The van der Waals surface area contributed by atoms with Crippen LogP contribution >= 0.6 is 23.1 Å². The third kappa shape index (κ3) is 3.39. The highest BCUT2D eigenvalue weighted by atomic mass is 35.5. The summed E-state index contributed by atoms with van der Waals surface area (Å²) < 4.78 is 4.61. The van der Waals surface area contributed by atoms with Crippen LogP contribution in [0.2, 0.25) is 4.34 Å². The van der Waals surface area contributed by atoms with Crippen LogP contribution in [0.5, 0.6) is 0 Å². The van der Waals surface area contributed by atoms with Crippen molar-refractivity contribution in [2.24, 2.45) is 11.3 Å². The van der Waals surface area contributed by atoms with Crippen LogP contribution in [0.4, 0.5) is 0 Å². The second-order valence-electron chi connectivity index (χ2n) is 5.91. The number of halogens is 1. The molecular formula is C12H20ClN3S. The van der Waals surface area contributed by atoms with E-state index in [-0.39, 0.29) is 0 Å². The molecule has 0 bridgehead atoms. The highest BCUT2D eigenvalue weighted by Gasteiger charge is 2.29. The van der Waals surface area contributed by atoms with Crippen LogP contribution in [0.1, 0.15) is 39.3 Å². The summed E-state index contributed by atoms with van der Waals surface area (Å²) in [5.41, 5.74) is 1.37. The quantitative estimate of drug-likeness (QED) is 0.826. The molecule has 0 aliphatic carbocycles. The Bertz CT molecular complexity index is 364. The van der Waals surface area contributed by atoms with Crippen molar-refractivity contribution in [2.45, 2.75) is 40.2 Å². The van der Waals surface area contributed by atoms with Gasteiger partial charge in [-0.15, -0.1) is 5.10 Å². The van der Waals surface area contributed by atoms with E-state index in [0.717, 1.165) is 35.6 Å². The topological polar surface area (TPSA) is 29.0 Å². The lowest BCUT2D eigenvalue weighted by atomic mass is 9.75. The fourth-order valence-electron chi connectivity index (χ4n) is 2.46. The highest BCUT2D eigenvalue weighted by Crippen LogP contribution is 2.34. The van der Waals surface area contributed by atoms with E-state index < -0.39 is 0 Å². The highest BCUT2D eigenvalue weighted by molar-refractivity contribution is 7.10. The number of likely N-dealkylation sites (tertiary alicyclic amines) is 1. The van der Waals surface area contributed by atoms with Crippen molar-refractivity contribution < 1.29 is 0 Å². The smallest absolute Gasteiger partial charge is 0.138 e. The average molecular weight is 274 g/mol. The molecule has 0 atom stereocenters. The summed E-state index contributed by atoms with van der Waals surface area (Å²) in [6.07, 6.45) is 2.55. The minimum Gasteiger partial charge on any atom is -0.297 e. The number of piperidine rings is 1. The van der Waals surface area contributed by atoms with E-state index in [4.69, 9.17) is 11.6 Å². The summed E-state index contributed by atoms with van der Waals surface area (Å²) in [6.45, 7) is 10.2. The zero-order valence-electron chi connectivity index (χ0n) is 10.7. The summed E-state index contributed by atoms with van der Waals surface area (Å²) in [7, 11) is 0. The molecule has 1 fully saturated rings. The Morgan fingerprint density at radius 1 is 1.35 bits per heavy atom. The van der Waals surface area contributed by atoms with E-state index in [1.54, 1.807) is 0 Å². The first-order chi connectivity index (χ1) is 7.97. The SMILES string of the molecule is CC(C)(C)C1CCN(Cc2nnsc2Cl)CC1. The molecular weight excluding hydrogens is 254 g/mol.